The Labute approximate surface area is 190 Å². The number of fused-ring (bicyclic) bond motifs is 1. The minimum Gasteiger partial charge on any atom is -0.390 e. The Bertz CT molecular complexity index is 1270. The molecule has 1 atom stereocenters. The molecular weight excluding hydrogens is 423 g/mol. The number of hydrogen-bond donors (Lipinski definition) is 4. The first kappa shape index (κ1) is 21.4. The van der Waals surface area contributed by atoms with Crippen molar-refractivity contribution in [3.8, 4) is 11.3 Å². The van der Waals surface area contributed by atoms with Gasteiger partial charge in [-0.2, -0.15) is 0 Å². The third kappa shape index (κ3) is 4.54. The molecule has 4 N–H and O–H groups in total. The summed E-state index contributed by atoms with van der Waals surface area (Å²) in [6.07, 6.45) is 3.09. The molecule has 9 nitrogen and oxygen atoms in total. The number of aromatic amines is 1. The number of anilines is 2. The molecule has 4 heterocycles. The van der Waals surface area contributed by atoms with Crippen LogP contribution in [0.15, 0.2) is 42.9 Å². The van der Waals surface area contributed by atoms with Gasteiger partial charge >= 0.3 is 0 Å². The number of H-pyrrole nitrogens is 1. The van der Waals surface area contributed by atoms with Crippen LogP contribution in [0.3, 0.4) is 0 Å². The fourth-order valence-corrected chi connectivity index (χ4v) is 4.09. The monoisotopic (exact) mass is 448 g/mol. The zero-order valence-electron chi connectivity index (χ0n) is 18.2. The largest absolute Gasteiger partial charge is 0.390 e. The van der Waals surface area contributed by atoms with Crippen molar-refractivity contribution in [2.75, 3.05) is 31.5 Å². The fraction of sp³-hybridized carbons (Fsp3) is 0.304. The minimum atomic E-state index is -0.440. The van der Waals surface area contributed by atoms with Gasteiger partial charge in [0.15, 0.2) is 0 Å². The summed E-state index contributed by atoms with van der Waals surface area (Å²) in [5, 5.41) is 15.9. The third-order valence-electron chi connectivity index (χ3n) is 5.94. The molecule has 1 aliphatic rings. The van der Waals surface area contributed by atoms with Crippen molar-refractivity contribution in [3.63, 3.8) is 0 Å². The van der Waals surface area contributed by atoms with Crippen LogP contribution in [0.2, 0.25) is 0 Å². The summed E-state index contributed by atoms with van der Waals surface area (Å²) in [4.78, 5) is 22.6. The normalized spacial score (nSPS) is 15.6. The van der Waals surface area contributed by atoms with E-state index >= 15 is 0 Å². The third-order valence-corrected chi connectivity index (χ3v) is 5.94. The Morgan fingerprint density at radius 2 is 2.00 bits per heavy atom. The van der Waals surface area contributed by atoms with Crippen LogP contribution in [0.5, 0.6) is 0 Å². The highest BCUT2D eigenvalue weighted by molar-refractivity contribution is 5.83. The van der Waals surface area contributed by atoms with Crippen LogP contribution in [0, 0.1) is 5.82 Å². The van der Waals surface area contributed by atoms with E-state index in [1.165, 1.54) is 18.0 Å². The second kappa shape index (κ2) is 9.18. The van der Waals surface area contributed by atoms with Crippen LogP contribution < -0.4 is 10.6 Å². The smallest absolute Gasteiger partial charge is 0.206 e. The lowest BCUT2D eigenvalue weighted by molar-refractivity contribution is 0.185. The first-order chi connectivity index (χ1) is 16.1. The molecule has 0 aliphatic carbocycles. The first-order valence-electron chi connectivity index (χ1n) is 10.9. The molecule has 4 aromatic rings. The summed E-state index contributed by atoms with van der Waals surface area (Å²) in [6, 6.07) is 8.90. The maximum absolute atomic E-state index is 14.8. The van der Waals surface area contributed by atoms with E-state index in [1.54, 1.807) is 18.3 Å². The van der Waals surface area contributed by atoms with Gasteiger partial charge in [0, 0.05) is 50.0 Å². The molecule has 0 bridgehead atoms. The Hall–Kier alpha value is -3.47. The van der Waals surface area contributed by atoms with Gasteiger partial charge in [0.1, 0.15) is 18.0 Å². The number of hydrogen-bond acceptors (Lipinski definition) is 8. The summed E-state index contributed by atoms with van der Waals surface area (Å²) >= 11 is 0. The standard InChI is InChI=1S/C23H25FN8O/c1-14(32-6-4-25-5-7-32)15-2-3-26-22(8-15)31-23-29-20-10-17(18(24)11-21(20)30-23)19-9-16(12-33)27-13-28-19/h2-3,8-11,13-14,25,33H,4-7,12H2,1H3,(H2,26,29,30,31). The molecule has 0 radical (unpaired) electrons. The quantitative estimate of drug-likeness (QED) is 0.356. The number of piperazine rings is 1. The number of aromatic nitrogens is 5. The Balaban J connectivity index is 1.39. The summed E-state index contributed by atoms with van der Waals surface area (Å²) in [5.41, 5.74) is 3.42. The van der Waals surface area contributed by atoms with E-state index in [9.17, 15) is 9.50 Å². The summed E-state index contributed by atoms with van der Waals surface area (Å²) in [6.45, 7) is 5.97. The molecule has 33 heavy (non-hydrogen) atoms. The van der Waals surface area contributed by atoms with Crippen molar-refractivity contribution in [3.05, 3.63) is 59.9 Å². The number of aliphatic hydroxyl groups excluding tert-OH is 1. The van der Waals surface area contributed by atoms with Crippen molar-refractivity contribution < 1.29 is 9.50 Å². The Kier molecular flexibility index (Phi) is 5.95. The molecule has 0 saturated carbocycles. The number of benzene rings is 1. The highest BCUT2D eigenvalue weighted by atomic mass is 19.1. The topological polar surface area (TPSA) is 115 Å². The molecule has 10 heteroatoms. The van der Waals surface area contributed by atoms with E-state index in [1.807, 2.05) is 12.1 Å². The lowest BCUT2D eigenvalue weighted by Gasteiger charge is -2.33. The van der Waals surface area contributed by atoms with Crippen LogP contribution in [-0.2, 0) is 6.61 Å². The number of rotatable bonds is 6. The van der Waals surface area contributed by atoms with Crippen molar-refractivity contribution in [1.82, 2.24) is 35.1 Å². The summed E-state index contributed by atoms with van der Waals surface area (Å²) in [5.74, 6) is 0.697. The average molecular weight is 449 g/mol. The average Bonchev–Trinajstić information content (AvgIpc) is 3.24. The van der Waals surface area contributed by atoms with E-state index in [-0.39, 0.29) is 12.6 Å². The maximum atomic E-state index is 14.8. The number of halogens is 1. The van der Waals surface area contributed by atoms with Gasteiger partial charge in [-0.25, -0.2) is 24.3 Å². The molecule has 170 valence electrons. The molecule has 5 rings (SSSR count). The van der Waals surface area contributed by atoms with Crippen molar-refractivity contribution >= 4 is 22.8 Å². The van der Waals surface area contributed by atoms with Crippen LogP contribution in [0.1, 0.15) is 24.2 Å². The maximum Gasteiger partial charge on any atom is 0.206 e. The van der Waals surface area contributed by atoms with Gasteiger partial charge in [0.2, 0.25) is 5.95 Å². The zero-order valence-corrected chi connectivity index (χ0v) is 18.2. The highest BCUT2D eigenvalue weighted by Gasteiger charge is 2.18. The Morgan fingerprint density at radius 1 is 1.15 bits per heavy atom. The molecule has 3 aromatic heterocycles. The van der Waals surface area contributed by atoms with Crippen LogP contribution in [-0.4, -0.2) is 61.1 Å². The predicted molar refractivity (Wildman–Crippen MR) is 123 cm³/mol. The van der Waals surface area contributed by atoms with Gasteiger partial charge in [-0.15, -0.1) is 0 Å². The van der Waals surface area contributed by atoms with Crippen molar-refractivity contribution in [1.29, 1.82) is 0 Å². The predicted octanol–water partition coefficient (Wildman–Crippen LogP) is 2.76. The fourth-order valence-electron chi connectivity index (χ4n) is 4.09. The molecule has 1 aromatic carbocycles. The van der Waals surface area contributed by atoms with Crippen LogP contribution >= 0.6 is 0 Å². The number of nitrogens with zero attached hydrogens (tertiary/aromatic N) is 5. The zero-order chi connectivity index (χ0) is 22.8. The van der Waals surface area contributed by atoms with Gasteiger partial charge in [-0.3, -0.25) is 4.90 Å². The SMILES string of the molecule is CC(c1ccnc(Nc2nc3cc(-c4cc(CO)ncn4)c(F)cc3[nH]2)c1)N1CCNCC1. The number of nitrogens with one attached hydrogen (secondary N) is 3. The summed E-state index contributed by atoms with van der Waals surface area (Å²) < 4.78 is 14.8. The van der Waals surface area contributed by atoms with Crippen molar-refractivity contribution in [2.45, 2.75) is 19.6 Å². The van der Waals surface area contributed by atoms with Crippen LogP contribution in [0.25, 0.3) is 22.3 Å². The first-order valence-corrected chi connectivity index (χ1v) is 10.9. The van der Waals surface area contributed by atoms with Gasteiger partial charge in [-0.05, 0) is 36.8 Å². The van der Waals surface area contributed by atoms with Gasteiger partial charge in [-0.1, -0.05) is 0 Å². The molecule has 1 fully saturated rings. The van der Waals surface area contributed by atoms with E-state index < -0.39 is 5.82 Å². The minimum absolute atomic E-state index is 0.241. The lowest BCUT2D eigenvalue weighted by atomic mass is 10.1. The van der Waals surface area contributed by atoms with E-state index in [0.717, 1.165) is 26.2 Å². The van der Waals surface area contributed by atoms with Gasteiger partial charge < -0.3 is 20.7 Å². The number of imidazole rings is 1. The van der Waals surface area contributed by atoms with Gasteiger partial charge in [0.05, 0.1) is 29.0 Å². The number of aliphatic hydroxyl groups is 1. The van der Waals surface area contributed by atoms with E-state index in [4.69, 9.17) is 0 Å². The lowest BCUT2D eigenvalue weighted by Crippen LogP contribution is -2.44. The molecule has 1 aliphatic heterocycles. The Morgan fingerprint density at radius 3 is 2.82 bits per heavy atom. The molecule has 1 unspecified atom stereocenters. The number of pyridine rings is 1. The van der Waals surface area contributed by atoms with Crippen molar-refractivity contribution in [2.24, 2.45) is 0 Å². The second-order valence-electron chi connectivity index (χ2n) is 8.05. The molecule has 1 saturated heterocycles. The summed E-state index contributed by atoms with van der Waals surface area (Å²) in [7, 11) is 0. The highest BCUT2D eigenvalue weighted by Crippen LogP contribution is 2.28. The molecule has 0 spiro atoms. The van der Waals surface area contributed by atoms with Gasteiger partial charge in [0.25, 0.3) is 0 Å². The second-order valence-corrected chi connectivity index (χ2v) is 8.05. The molecular formula is C23H25FN8O. The van der Waals surface area contributed by atoms with E-state index in [2.05, 4.69) is 47.4 Å². The van der Waals surface area contributed by atoms with E-state index in [0.29, 0.717) is 39.8 Å². The molecule has 0 amide bonds. The van der Waals surface area contributed by atoms with Crippen LogP contribution in [0.4, 0.5) is 16.2 Å².